The molecular weight excluding hydrogens is 232 g/mol. The van der Waals surface area contributed by atoms with Crippen LogP contribution in [-0.2, 0) is 0 Å². The molecule has 0 aromatic heterocycles. The molecule has 0 fully saturated rings. The van der Waals surface area contributed by atoms with Crippen LogP contribution in [0.15, 0.2) is 48.6 Å². The molecule has 0 saturated carbocycles. The zero-order valence-electron chi connectivity index (χ0n) is 13.0. The van der Waals surface area contributed by atoms with Gasteiger partial charge in [0.2, 0.25) is 0 Å². The van der Waals surface area contributed by atoms with Crippen molar-refractivity contribution < 1.29 is 5.11 Å². The first kappa shape index (κ1) is 17.5. The van der Waals surface area contributed by atoms with Crippen molar-refractivity contribution in [3.63, 3.8) is 0 Å². The number of benzene rings is 1. The van der Waals surface area contributed by atoms with Crippen LogP contribution in [0.4, 0.5) is 0 Å². The Morgan fingerprint density at radius 1 is 1.16 bits per heavy atom. The van der Waals surface area contributed by atoms with Crippen LogP contribution >= 0.6 is 0 Å². The second-order valence-electron chi connectivity index (χ2n) is 5.33. The van der Waals surface area contributed by atoms with Gasteiger partial charge >= 0.3 is 0 Å². The van der Waals surface area contributed by atoms with Gasteiger partial charge < -0.3 is 5.11 Å². The second kappa shape index (κ2) is 9.43. The molecule has 0 aliphatic rings. The van der Waals surface area contributed by atoms with Crippen molar-refractivity contribution >= 4 is 5.76 Å². The Bertz CT molecular complexity index is 385. The normalized spacial score (nSPS) is 12.2. The van der Waals surface area contributed by atoms with Gasteiger partial charge in [0, 0.05) is 5.56 Å². The van der Waals surface area contributed by atoms with Crippen LogP contribution in [0.25, 0.3) is 5.76 Å². The maximum atomic E-state index is 9.19. The van der Waals surface area contributed by atoms with E-state index in [1.807, 2.05) is 37.3 Å². The van der Waals surface area contributed by atoms with Crippen molar-refractivity contribution in [3.8, 4) is 0 Å². The van der Waals surface area contributed by atoms with Crippen molar-refractivity contribution in [1.29, 1.82) is 0 Å². The van der Waals surface area contributed by atoms with Crippen LogP contribution in [0.3, 0.4) is 0 Å². The molecule has 19 heavy (non-hydrogen) atoms. The summed E-state index contributed by atoms with van der Waals surface area (Å²) in [4.78, 5) is 0. The van der Waals surface area contributed by atoms with Gasteiger partial charge in [0.05, 0.1) is 0 Å². The largest absolute Gasteiger partial charge is 0.508 e. The van der Waals surface area contributed by atoms with Crippen molar-refractivity contribution in [1.82, 2.24) is 0 Å². The van der Waals surface area contributed by atoms with E-state index in [1.54, 1.807) is 6.08 Å². The summed E-state index contributed by atoms with van der Waals surface area (Å²) in [5.41, 5.74) is 1.37. The highest BCUT2D eigenvalue weighted by Crippen LogP contribution is 2.24. The lowest BCUT2D eigenvalue weighted by Gasteiger charge is -2.19. The molecule has 0 atom stereocenters. The number of hydrogen-bond acceptors (Lipinski definition) is 1. The summed E-state index contributed by atoms with van der Waals surface area (Å²) in [5, 5.41) is 9.19. The van der Waals surface area contributed by atoms with E-state index < -0.39 is 0 Å². The average molecular weight is 260 g/mol. The van der Waals surface area contributed by atoms with Gasteiger partial charge in [-0.1, -0.05) is 69.7 Å². The summed E-state index contributed by atoms with van der Waals surface area (Å²) in [6, 6.07) is 9.46. The van der Waals surface area contributed by atoms with Gasteiger partial charge in [-0.3, -0.25) is 0 Å². The molecule has 0 aliphatic heterocycles. The Hall–Kier alpha value is -1.50. The Kier molecular flexibility index (Phi) is 8.69. The van der Waals surface area contributed by atoms with Crippen LogP contribution in [0.2, 0.25) is 0 Å². The molecular formula is C18H28O. The third-order valence-corrected chi connectivity index (χ3v) is 3.21. The molecule has 0 aliphatic carbocycles. The van der Waals surface area contributed by atoms with E-state index in [1.165, 1.54) is 12.8 Å². The fourth-order valence-corrected chi connectivity index (χ4v) is 1.36. The SMILES string of the molecule is C/C=C(/O)c1ccccc1.C/C=C/CC(C)(C)CC. The molecule has 0 spiro atoms. The number of aliphatic hydroxyl groups is 1. The molecule has 0 bridgehead atoms. The van der Waals surface area contributed by atoms with Crippen molar-refractivity contribution in [2.24, 2.45) is 5.41 Å². The maximum Gasteiger partial charge on any atom is 0.118 e. The van der Waals surface area contributed by atoms with E-state index in [2.05, 4.69) is 39.8 Å². The van der Waals surface area contributed by atoms with Crippen molar-refractivity contribution in [3.05, 3.63) is 54.1 Å². The molecule has 0 amide bonds. The molecule has 0 saturated heterocycles. The molecule has 1 nitrogen and oxygen atoms in total. The summed E-state index contributed by atoms with van der Waals surface area (Å²) in [6.07, 6.45) is 8.51. The summed E-state index contributed by atoms with van der Waals surface area (Å²) in [6.45, 7) is 10.7. The van der Waals surface area contributed by atoms with Gasteiger partial charge in [-0.05, 0) is 31.8 Å². The van der Waals surface area contributed by atoms with Gasteiger partial charge in [-0.25, -0.2) is 0 Å². The van der Waals surface area contributed by atoms with Crippen molar-refractivity contribution in [2.75, 3.05) is 0 Å². The minimum atomic E-state index is 0.334. The molecule has 1 heteroatoms. The first-order chi connectivity index (χ1) is 8.96. The molecule has 0 radical (unpaired) electrons. The number of allylic oxidation sites excluding steroid dienone is 3. The minimum Gasteiger partial charge on any atom is -0.508 e. The van der Waals surface area contributed by atoms with Gasteiger partial charge in [-0.2, -0.15) is 0 Å². The topological polar surface area (TPSA) is 20.2 Å². The summed E-state index contributed by atoms with van der Waals surface area (Å²) in [7, 11) is 0. The quantitative estimate of drug-likeness (QED) is 0.520. The van der Waals surface area contributed by atoms with Crippen LogP contribution in [0.5, 0.6) is 0 Å². The standard InChI is InChI=1S/C9H10O.C9H18/c1-2-9(10)8-6-4-3-5-7-8;1-5-7-8-9(3,4)6-2/h2-7,10H,1H3;5,7H,6,8H2,1-4H3/b9-2+;7-5+. The van der Waals surface area contributed by atoms with Gasteiger partial charge in [0.15, 0.2) is 0 Å². The zero-order chi connectivity index (χ0) is 14.7. The van der Waals surface area contributed by atoms with Crippen LogP contribution in [0.1, 0.15) is 53.0 Å². The van der Waals surface area contributed by atoms with E-state index in [4.69, 9.17) is 0 Å². The maximum absolute atomic E-state index is 9.19. The van der Waals surface area contributed by atoms with E-state index in [-0.39, 0.29) is 0 Å². The Balaban J connectivity index is 0.000000344. The third kappa shape index (κ3) is 8.25. The number of aliphatic hydroxyl groups excluding tert-OH is 1. The highest BCUT2D eigenvalue weighted by molar-refractivity contribution is 5.57. The minimum absolute atomic E-state index is 0.334. The van der Waals surface area contributed by atoms with E-state index >= 15 is 0 Å². The monoisotopic (exact) mass is 260 g/mol. The lowest BCUT2D eigenvalue weighted by atomic mass is 9.86. The van der Waals surface area contributed by atoms with E-state index in [0.29, 0.717) is 11.2 Å². The van der Waals surface area contributed by atoms with Crippen LogP contribution in [-0.4, -0.2) is 5.11 Å². The second-order valence-corrected chi connectivity index (χ2v) is 5.33. The fourth-order valence-electron chi connectivity index (χ4n) is 1.36. The molecule has 1 aromatic rings. The van der Waals surface area contributed by atoms with Crippen LogP contribution in [0, 0.1) is 5.41 Å². The molecule has 1 rings (SSSR count). The van der Waals surface area contributed by atoms with Gasteiger partial charge in [0.25, 0.3) is 0 Å². The third-order valence-electron chi connectivity index (χ3n) is 3.21. The molecule has 0 heterocycles. The smallest absolute Gasteiger partial charge is 0.118 e. The molecule has 1 N–H and O–H groups in total. The predicted molar refractivity (Wildman–Crippen MR) is 86.2 cm³/mol. The molecule has 0 unspecified atom stereocenters. The summed E-state index contributed by atoms with van der Waals surface area (Å²) < 4.78 is 0. The fraction of sp³-hybridized carbons (Fsp3) is 0.444. The Morgan fingerprint density at radius 2 is 1.74 bits per heavy atom. The zero-order valence-corrected chi connectivity index (χ0v) is 13.0. The van der Waals surface area contributed by atoms with Gasteiger partial charge in [0.1, 0.15) is 5.76 Å². The summed E-state index contributed by atoms with van der Waals surface area (Å²) >= 11 is 0. The lowest BCUT2D eigenvalue weighted by molar-refractivity contribution is 0.357. The highest BCUT2D eigenvalue weighted by atomic mass is 16.3. The average Bonchev–Trinajstić information content (AvgIpc) is 2.46. The van der Waals surface area contributed by atoms with Crippen LogP contribution < -0.4 is 0 Å². The summed E-state index contributed by atoms with van der Waals surface area (Å²) in [5.74, 6) is 0.334. The lowest BCUT2D eigenvalue weighted by Crippen LogP contribution is -2.06. The molecule has 1 aromatic carbocycles. The van der Waals surface area contributed by atoms with Crippen molar-refractivity contribution in [2.45, 2.75) is 47.5 Å². The number of rotatable bonds is 4. The Morgan fingerprint density at radius 3 is 2.16 bits per heavy atom. The van der Waals surface area contributed by atoms with Gasteiger partial charge in [-0.15, -0.1) is 0 Å². The number of hydrogen-bond donors (Lipinski definition) is 1. The van der Waals surface area contributed by atoms with E-state index in [0.717, 1.165) is 5.56 Å². The Labute approximate surface area is 118 Å². The first-order valence-corrected chi connectivity index (χ1v) is 6.98. The molecule has 106 valence electrons. The predicted octanol–water partition coefficient (Wildman–Crippen LogP) is 5.99. The van der Waals surface area contributed by atoms with E-state index in [9.17, 15) is 5.11 Å². The first-order valence-electron chi connectivity index (χ1n) is 6.98. The highest BCUT2D eigenvalue weighted by Gasteiger charge is 2.11.